The van der Waals surface area contributed by atoms with E-state index in [-0.39, 0.29) is 11.7 Å². The lowest BCUT2D eigenvalue weighted by Crippen LogP contribution is -2.46. The number of carbonyl (C=O) groups is 2. The number of carbonyl (C=O) groups excluding carboxylic acids is 2. The Kier molecular flexibility index (Phi) is 6.62. The largest absolute Gasteiger partial charge is 0.437 e. The number of halogens is 3. The molecule has 1 amide bonds. The van der Waals surface area contributed by atoms with E-state index in [2.05, 4.69) is 58.3 Å². The van der Waals surface area contributed by atoms with Crippen LogP contribution in [0.4, 0.5) is 10.5 Å². The van der Waals surface area contributed by atoms with E-state index in [1.165, 1.54) is 0 Å². The number of Topliss-reactive ketones (excluding diaryl/α,β-unsaturated/α-hetero) is 1. The second-order valence-electron chi connectivity index (χ2n) is 6.04. The van der Waals surface area contributed by atoms with Crippen LogP contribution in [0.2, 0.25) is 0 Å². The average molecular weight is 537 g/mol. The molecule has 2 rings (SSSR count). The van der Waals surface area contributed by atoms with Crippen molar-refractivity contribution in [3.8, 4) is 0 Å². The fourth-order valence-corrected chi connectivity index (χ4v) is 3.37. The highest BCUT2D eigenvalue weighted by atomic mass is 79.9. The lowest BCUT2D eigenvalue weighted by Gasteiger charge is -2.33. The molecule has 1 N–H and O–H groups in total. The number of ketones is 1. The van der Waals surface area contributed by atoms with Crippen LogP contribution in [-0.2, 0) is 9.63 Å². The monoisotopic (exact) mass is 534 g/mol. The van der Waals surface area contributed by atoms with Gasteiger partial charge in [-0.1, -0.05) is 66.8 Å². The number of allylic oxidation sites excluding steroid dienone is 2. The third-order valence-corrected chi connectivity index (χ3v) is 7.06. The molecule has 1 aromatic carbocycles. The van der Waals surface area contributed by atoms with Gasteiger partial charge in [0.05, 0.1) is 14.9 Å². The van der Waals surface area contributed by atoms with Crippen molar-refractivity contribution >= 4 is 71.1 Å². The Hall–Kier alpha value is -0.990. The van der Waals surface area contributed by atoms with Crippen molar-refractivity contribution in [2.45, 2.75) is 29.9 Å². The van der Waals surface area contributed by atoms with Crippen LogP contribution in [0.1, 0.15) is 20.8 Å². The molecule has 2 unspecified atom stereocenters. The minimum atomic E-state index is -0.777. The van der Waals surface area contributed by atoms with E-state index in [4.69, 9.17) is 4.84 Å². The van der Waals surface area contributed by atoms with E-state index in [1.54, 1.807) is 37.3 Å². The van der Waals surface area contributed by atoms with Gasteiger partial charge in [0, 0.05) is 15.7 Å². The van der Waals surface area contributed by atoms with Gasteiger partial charge in [-0.3, -0.25) is 14.9 Å². The first kappa shape index (κ1) is 20.3. The molecule has 0 radical (unpaired) electrons. The Bertz CT molecular complexity index is 740. The minimum Gasteiger partial charge on any atom is -0.297 e. The summed E-state index contributed by atoms with van der Waals surface area (Å²) >= 11 is 10.2. The zero-order valence-corrected chi connectivity index (χ0v) is 18.6. The molecule has 8 heteroatoms. The van der Waals surface area contributed by atoms with Crippen LogP contribution in [0.15, 0.2) is 45.5 Å². The molecular formula is C17H17Br3N2O3. The highest BCUT2D eigenvalue weighted by Gasteiger charge is 2.44. The number of rotatable bonds is 3. The molecule has 25 heavy (non-hydrogen) atoms. The molecule has 0 aromatic heterocycles. The van der Waals surface area contributed by atoms with Crippen molar-refractivity contribution in [3.05, 3.63) is 40.4 Å². The maximum Gasteiger partial charge on any atom is 0.437 e. The van der Waals surface area contributed by atoms with Crippen LogP contribution >= 0.6 is 47.8 Å². The van der Waals surface area contributed by atoms with Gasteiger partial charge in [0.2, 0.25) is 0 Å². The zero-order chi connectivity index (χ0) is 18.8. The summed E-state index contributed by atoms with van der Waals surface area (Å²) in [6.45, 7) is 5.66. The van der Waals surface area contributed by atoms with Crippen molar-refractivity contribution in [2.75, 3.05) is 5.32 Å². The van der Waals surface area contributed by atoms with Gasteiger partial charge in [-0.25, -0.2) is 4.79 Å². The van der Waals surface area contributed by atoms with Crippen LogP contribution in [0.3, 0.4) is 0 Å². The van der Waals surface area contributed by atoms with Crippen molar-refractivity contribution in [2.24, 2.45) is 11.1 Å². The Morgan fingerprint density at radius 3 is 2.48 bits per heavy atom. The van der Waals surface area contributed by atoms with E-state index < -0.39 is 15.2 Å². The summed E-state index contributed by atoms with van der Waals surface area (Å²) in [4.78, 5) is 28.8. The summed E-state index contributed by atoms with van der Waals surface area (Å²) in [5.41, 5.74) is 1.68. The van der Waals surface area contributed by atoms with Gasteiger partial charge in [0.1, 0.15) is 0 Å². The smallest absolute Gasteiger partial charge is 0.297 e. The summed E-state index contributed by atoms with van der Waals surface area (Å²) < 4.78 is 0.128. The van der Waals surface area contributed by atoms with Crippen molar-refractivity contribution in [3.63, 3.8) is 0 Å². The summed E-state index contributed by atoms with van der Waals surface area (Å²) in [7, 11) is 0. The van der Waals surface area contributed by atoms with E-state index >= 15 is 0 Å². The van der Waals surface area contributed by atoms with Crippen LogP contribution < -0.4 is 5.32 Å². The number of hydrogen-bond donors (Lipinski definition) is 1. The van der Waals surface area contributed by atoms with Gasteiger partial charge in [-0.2, -0.15) is 0 Å². The normalized spacial score (nSPS) is 25.1. The first-order chi connectivity index (χ1) is 11.6. The summed E-state index contributed by atoms with van der Waals surface area (Å²) in [5.74, 6) is 0.0329. The van der Waals surface area contributed by atoms with Crippen molar-refractivity contribution in [1.82, 2.24) is 0 Å². The molecule has 0 saturated heterocycles. The molecular weight excluding hydrogens is 520 g/mol. The Balaban J connectivity index is 2.18. The van der Waals surface area contributed by atoms with E-state index in [1.807, 2.05) is 13.8 Å². The number of oxime groups is 1. The van der Waals surface area contributed by atoms with E-state index in [0.717, 1.165) is 4.47 Å². The van der Waals surface area contributed by atoms with Crippen LogP contribution in [0.25, 0.3) is 0 Å². The fraction of sp³-hybridized carbons (Fsp3) is 0.353. The van der Waals surface area contributed by atoms with Gasteiger partial charge in [0.15, 0.2) is 5.78 Å². The molecule has 1 aliphatic carbocycles. The number of alkyl halides is 2. The predicted molar refractivity (Wildman–Crippen MR) is 110 cm³/mol. The van der Waals surface area contributed by atoms with Gasteiger partial charge in [-0.15, -0.1) is 0 Å². The minimum absolute atomic E-state index is 0.00682. The van der Waals surface area contributed by atoms with Gasteiger partial charge in [0.25, 0.3) is 0 Å². The summed E-state index contributed by atoms with van der Waals surface area (Å²) in [6, 6.07) is 7.07. The van der Waals surface area contributed by atoms with Crippen LogP contribution in [0, 0.1) is 5.92 Å². The lowest BCUT2D eigenvalue weighted by atomic mass is 9.83. The van der Waals surface area contributed by atoms with Gasteiger partial charge >= 0.3 is 6.09 Å². The lowest BCUT2D eigenvalue weighted by molar-refractivity contribution is -0.115. The molecule has 2 atom stereocenters. The third kappa shape index (κ3) is 4.80. The maximum absolute atomic E-state index is 12.4. The molecule has 5 nitrogen and oxygen atoms in total. The Labute approximate surface area is 171 Å². The highest BCUT2D eigenvalue weighted by Crippen LogP contribution is 2.38. The van der Waals surface area contributed by atoms with Crippen LogP contribution in [-0.4, -0.2) is 26.7 Å². The summed E-state index contributed by atoms with van der Waals surface area (Å²) in [5, 5.41) is 6.54. The Morgan fingerprint density at radius 1 is 1.32 bits per heavy atom. The molecule has 0 heterocycles. The molecule has 1 aromatic rings. The highest BCUT2D eigenvalue weighted by molar-refractivity contribution is 9.13. The number of nitrogens with zero attached hydrogens (tertiary/aromatic N) is 1. The predicted octanol–water partition coefficient (Wildman–Crippen LogP) is 5.44. The third-order valence-electron chi connectivity index (χ3n) is 3.72. The molecule has 0 aliphatic heterocycles. The number of anilines is 1. The van der Waals surface area contributed by atoms with Gasteiger partial charge in [-0.05, 0) is 43.2 Å². The molecule has 0 spiro atoms. The van der Waals surface area contributed by atoms with E-state index in [0.29, 0.717) is 17.0 Å². The maximum atomic E-state index is 12.4. The van der Waals surface area contributed by atoms with Crippen molar-refractivity contribution in [1.29, 1.82) is 0 Å². The number of benzene rings is 1. The second-order valence-corrected chi connectivity index (χ2v) is 9.52. The first-order valence-corrected chi connectivity index (χ1v) is 10.0. The molecule has 0 fully saturated rings. The quantitative estimate of drug-likeness (QED) is 0.318. The summed E-state index contributed by atoms with van der Waals surface area (Å²) in [6.07, 6.45) is 0.965. The molecule has 0 bridgehead atoms. The van der Waals surface area contributed by atoms with E-state index in [9.17, 15) is 9.59 Å². The molecule has 134 valence electrons. The fourth-order valence-electron chi connectivity index (χ4n) is 2.21. The SMILES string of the molecule is CC(C)C1=CC(=NOC(=O)Nc2ccc(Br)cc2)C(C)(Br)C(Br)C1=O. The second kappa shape index (κ2) is 8.14. The molecule has 0 saturated carbocycles. The van der Waals surface area contributed by atoms with Crippen LogP contribution in [0.5, 0.6) is 0 Å². The standard InChI is InChI=1S/C17H17Br3N2O3/c1-9(2)12-8-13(17(3,20)15(19)14(12)23)22-25-16(24)21-11-6-4-10(18)5-7-11/h4-9,15H,1-3H3,(H,21,24). The zero-order valence-electron chi connectivity index (χ0n) is 13.8. The average Bonchev–Trinajstić information content (AvgIpc) is 2.54. The number of hydrogen-bond acceptors (Lipinski definition) is 4. The van der Waals surface area contributed by atoms with Gasteiger partial charge < -0.3 is 0 Å². The molecule has 1 aliphatic rings. The Morgan fingerprint density at radius 2 is 1.92 bits per heavy atom. The first-order valence-electron chi connectivity index (χ1n) is 7.53. The number of nitrogens with one attached hydrogen (secondary N) is 1. The number of amides is 1. The van der Waals surface area contributed by atoms with Crippen molar-refractivity contribution < 1.29 is 14.4 Å². The topological polar surface area (TPSA) is 67.8 Å².